The molecule has 0 aliphatic heterocycles. The Hall–Kier alpha value is -0.0600. The van der Waals surface area contributed by atoms with Crippen molar-refractivity contribution in [3.8, 4) is 0 Å². The summed E-state index contributed by atoms with van der Waals surface area (Å²) >= 11 is 0. The molecule has 0 aromatic heterocycles. The van der Waals surface area contributed by atoms with Crippen LogP contribution in [-0.4, -0.2) is 22.2 Å². The smallest absolute Gasteiger partial charge is 1.00 e. The number of carboxylic acids is 2. The molecule has 1 unspecified atom stereocenters. The van der Waals surface area contributed by atoms with Crippen LogP contribution < -0.4 is 29.6 Å². The fraction of sp³-hybridized carbons (Fsp3) is 0.833. The van der Waals surface area contributed by atoms with E-state index >= 15 is 0 Å². The van der Waals surface area contributed by atoms with Crippen LogP contribution in [0.25, 0.3) is 0 Å². The fourth-order valence-electron chi connectivity index (χ4n) is 1.99. The second-order valence-electron chi connectivity index (χ2n) is 4.56. The predicted molar refractivity (Wildman–Crippen MR) is 62.3 cm³/mol. The monoisotopic (exact) mass is 254 g/mol. The van der Waals surface area contributed by atoms with Gasteiger partial charge in [0.15, 0.2) is 5.92 Å². The molecule has 2 N–H and O–H groups in total. The standard InChI is InChI=1S/C12H22O4.Na.H/c1-4-5-6-7-9(8(2)3)10(11(13)14)12(15)16;;/h8-10H,4-7H2,1-3H3,(H,13,14)(H,15,16);;/q;+1;-1. The van der Waals surface area contributed by atoms with E-state index in [0.717, 1.165) is 19.3 Å². The maximum Gasteiger partial charge on any atom is 1.00 e. The Morgan fingerprint density at radius 1 is 1.12 bits per heavy atom. The normalized spacial score (nSPS) is 12.3. The van der Waals surface area contributed by atoms with E-state index in [0.29, 0.717) is 6.42 Å². The molecule has 0 aliphatic rings. The number of carboxylic acid groups (broad SMARTS) is 2. The molecule has 0 radical (unpaired) electrons. The van der Waals surface area contributed by atoms with E-state index in [1.165, 1.54) is 0 Å². The minimum atomic E-state index is -1.27. The molecule has 0 spiro atoms. The molecule has 0 bridgehead atoms. The molecule has 0 fully saturated rings. The van der Waals surface area contributed by atoms with Gasteiger partial charge in [-0.15, -0.1) is 0 Å². The van der Waals surface area contributed by atoms with Crippen molar-refractivity contribution in [1.29, 1.82) is 0 Å². The van der Waals surface area contributed by atoms with Gasteiger partial charge in [0.1, 0.15) is 0 Å². The van der Waals surface area contributed by atoms with E-state index in [1.54, 1.807) is 0 Å². The van der Waals surface area contributed by atoms with Crippen molar-refractivity contribution in [2.45, 2.75) is 46.5 Å². The van der Waals surface area contributed by atoms with Crippen LogP contribution in [0.4, 0.5) is 0 Å². The van der Waals surface area contributed by atoms with Crippen molar-refractivity contribution in [3.63, 3.8) is 0 Å². The van der Waals surface area contributed by atoms with Gasteiger partial charge in [0, 0.05) is 0 Å². The first kappa shape index (κ1) is 19.3. The van der Waals surface area contributed by atoms with Crippen LogP contribution in [-0.2, 0) is 9.59 Å². The fourth-order valence-corrected chi connectivity index (χ4v) is 1.99. The zero-order valence-electron chi connectivity index (χ0n) is 12.3. The summed E-state index contributed by atoms with van der Waals surface area (Å²) in [5.41, 5.74) is 0. The molecular weight excluding hydrogens is 231 g/mol. The first-order valence-electron chi connectivity index (χ1n) is 5.87. The molecule has 0 heterocycles. The minimum Gasteiger partial charge on any atom is -1.00 e. The molecule has 0 rings (SSSR count). The van der Waals surface area contributed by atoms with Gasteiger partial charge in [-0.05, 0) is 18.3 Å². The third-order valence-corrected chi connectivity index (χ3v) is 2.96. The van der Waals surface area contributed by atoms with Crippen molar-refractivity contribution in [2.75, 3.05) is 0 Å². The van der Waals surface area contributed by atoms with Crippen molar-refractivity contribution in [1.82, 2.24) is 0 Å². The molecule has 17 heavy (non-hydrogen) atoms. The molecule has 0 saturated carbocycles. The van der Waals surface area contributed by atoms with E-state index in [4.69, 9.17) is 10.2 Å². The number of hydrogen-bond donors (Lipinski definition) is 2. The topological polar surface area (TPSA) is 74.6 Å². The van der Waals surface area contributed by atoms with Gasteiger partial charge in [0.25, 0.3) is 0 Å². The first-order valence-corrected chi connectivity index (χ1v) is 5.87. The second kappa shape index (κ2) is 9.92. The van der Waals surface area contributed by atoms with Gasteiger partial charge in [-0.25, -0.2) is 0 Å². The van der Waals surface area contributed by atoms with Gasteiger partial charge in [-0.3, -0.25) is 9.59 Å². The van der Waals surface area contributed by atoms with Gasteiger partial charge >= 0.3 is 41.5 Å². The van der Waals surface area contributed by atoms with Crippen LogP contribution in [0.1, 0.15) is 47.9 Å². The van der Waals surface area contributed by atoms with Crippen LogP contribution in [0.3, 0.4) is 0 Å². The SMILES string of the molecule is CCCCCC(C(C)C)C(C(=O)O)C(=O)O.[H-].[Na+]. The number of unbranched alkanes of at least 4 members (excludes halogenated alkanes) is 2. The zero-order chi connectivity index (χ0) is 12.7. The Labute approximate surface area is 127 Å². The maximum absolute atomic E-state index is 10.9. The van der Waals surface area contributed by atoms with Crippen molar-refractivity contribution in [3.05, 3.63) is 0 Å². The molecule has 4 nitrogen and oxygen atoms in total. The van der Waals surface area contributed by atoms with E-state index in [9.17, 15) is 9.59 Å². The first-order chi connectivity index (χ1) is 7.41. The molecule has 0 aromatic rings. The van der Waals surface area contributed by atoms with Crippen LogP contribution in [0.2, 0.25) is 0 Å². The molecule has 0 saturated heterocycles. The third kappa shape index (κ3) is 7.06. The van der Waals surface area contributed by atoms with Crippen LogP contribution >= 0.6 is 0 Å². The van der Waals surface area contributed by atoms with Gasteiger partial charge in [-0.2, -0.15) is 0 Å². The number of hydrogen-bond acceptors (Lipinski definition) is 2. The molecular formula is C12H23NaO4. The van der Waals surface area contributed by atoms with Crippen molar-refractivity contribution < 1.29 is 50.8 Å². The summed E-state index contributed by atoms with van der Waals surface area (Å²) in [6.45, 7) is 5.83. The van der Waals surface area contributed by atoms with Crippen molar-refractivity contribution >= 4 is 11.9 Å². The van der Waals surface area contributed by atoms with Gasteiger partial charge in [0.2, 0.25) is 0 Å². The average Bonchev–Trinajstić information content (AvgIpc) is 2.14. The molecule has 0 aromatic carbocycles. The molecule has 0 amide bonds. The van der Waals surface area contributed by atoms with Gasteiger partial charge in [0.05, 0.1) is 0 Å². The van der Waals surface area contributed by atoms with Crippen LogP contribution in [0, 0.1) is 17.8 Å². The molecule has 1 atom stereocenters. The average molecular weight is 254 g/mol. The molecule has 0 aliphatic carbocycles. The second-order valence-corrected chi connectivity index (χ2v) is 4.56. The van der Waals surface area contributed by atoms with E-state index in [1.807, 2.05) is 13.8 Å². The summed E-state index contributed by atoms with van der Waals surface area (Å²) in [4.78, 5) is 21.9. The Balaban J connectivity index is -0.00000112. The summed E-state index contributed by atoms with van der Waals surface area (Å²) in [5.74, 6) is -3.90. The summed E-state index contributed by atoms with van der Waals surface area (Å²) in [6, 6.07) is 0. The summed E-state index contributed by atoms with van der Waals surface area (Å²) in [7, 11) is 0. The van der Waals surface area contributed by atoms with Gasteiger partial charge in [-0.1, -0.05) is 40.0 Å². The summed E-state index contributed by atoms with van der Waals surface area (Å²) in [5, 5.41) is 17.9. The van der Waals surface area contributed by atoms with Gasteiger partial charge < -0.3 is 11.6 Å². The maximum atomic E-state index is 10.9. The number of aliphatic carboxylic acids is 2. The Morgan fingerprint density at radius 2 is 1.59 bits per heavy atom. The predicted octanol–water partition coefficient (Wildman–Crippen LogP) is -0.259. The summed E-state index contributed by atoms with van der Waals surface area (Å²) < 4.78 is 0. The zero-order valence-corrected chi connectivity index (χ0v) is 13.3. The van der Waals surface area contributed by atoms with Crippen molar-refractivity contribution in [2.24, 2.45) is 17.8 Å². The third-order valence-electron chi connectivity index (χ3n) is 2.96. The van der Waals surface area contributed by atoms with Crippen LogP contribution in [0.5, 0.6) is 0 Å². The van der Waals surface area contributed by atoms with E-state index in [-0.39, 0.29) is 42.8 Å². The number of rotatable bonds is 8. The van der Waals surface area contributed by atoms with Crippen LogP contribution in [0.15, 0.2) is 0 Å². The molecule has 5 heteroatoms. The summed E-state index contributed by atoms with van der Waals surface area (Å²) in [6.07, 6.45) is 3.65. The Kier molecular flexibility index (Phi) is 11.3. The number of carbonyl (C=O) groups is 2. The minimum absolute atomic E-state index is 0. The van der Waals surface area contributed by atoms with E-state index < -0.39 is 17.9 Å². The Morgan fingerprint density at radius 3 is 1.88 bits per heavy atom. The van der Waals surface area contributed by atoms with E-state index in [2.05, 4.69) is 6.92 Å². The molecule has 96 valence electrons. The quantitative estimate of drug-likeness (QED) is 0.355. The largest absolute Gasteiger partial charge is 1.00 e. The Bertz CT molecular complexity index is 232.